The summed E-state index contributed by atoms with van der Waals surface area (Å²) in [5.41, 5.74) is 1.94. The summed E-state index contributed by atoms with van der Waals surface area (Å²) >= 11 is 0.828. The van der Waals surface area contributed by atoms with Gasteiger partial charge in [-0.05, 0) is 37.2 Å². The van der Waals surface area contributed by atoms with E-state index in [9.17, 15) is 14.4 Å². The number of benzene rings is 1. The van der Waals surface area contributed by atoms with E-state index in [1.807, 2.05) is 31.2 Å². The molecular formula is C15H15NO4S. The molecule has 0 unspecified atom stereocenters. The van der Waals surface area contributed by atoms with Gasteiger partial charge < -0.3 is 4.74 Å². The van der Waals surface area contributed by atoms with Gasteiger partial charge in [0.05, 0.1) is 12.0 Å². The lowest BCUT2D eigenvalue weighted by molar-refractivity contribution is -0.148. The van der Waals surface area contributed by atoms with Gasteiger partial charge in [0.1, 0.15) is 6.04 Å². The molecule has 1 aromatic carbocycles. The average molecular weight is 305 g/mol. The highest BCUT2D eigenvalue weighted by atomic mass is 32.2. The van der Waals surface area contributed by atoms with Crippen LogP contribution in [-0.2, 0) is 14.3 Å². The fraction of sp³-hybridized carbons (Fsp3) is 0.267. The van der Waals surface area contributed by atoms with Gasteiger partial charge in [-0.2, -0.15) is 0 Å². The smallest absolute Gasteiger partial charge is 0.328 e. The minimum atomic E-state index is -0.925. The molecule has 1 fully saturated rings. The highest BCUT2D eigenvalue weighted by Gasteiger charge is 2.41. The Bertz CT molecular complexity index is 621. The molecule has 0 aliphatic carbocycles. The van der Waals surface area contributed by atoms with Crippen molar-refractivity contribution in [2.24, 2.45) is 0 Å². The van der Waals surface area contributed by atoms with Crippen LogP contribution in [0.1, 0.15) is 18.1 Å². The van der Waals surface area contributed by atoms with E-state index >= 15 is 0 Å². The number of amides is 2. The lowest BCUT2D eigenvalue weighted by Crippen LogP contribution is -2.42. The van der Waals surface area contributed by atoms with E-state index in [4.69, 9.17) is 0 Å². The monoisotopic (exact) mass is 305 g/mol. The molecule has 0 radical (unpaired) electrons. The van der Waals surface area contributed by atoms with Gasteiger partial charge in [-0.1, -0.05) is 29.8 Å². The van der Waals surface area contributed by atoms with E-state index in [1.54, 1.807) is 6.08 Å². The molecule has 1 saturated heterocycles. The Morgan fingerprint density at radius 3 is 2.48 bits per heavy atom. The van der Waals surface area contributed by atoms with Gasteiger partial charge in [0, 0.05) is 0 Å². The maximum absolute atomic E-state index is 12.3. The molecule has 110 valence electrons. The summed E-state index contributed by atoms with van der Waals surface area (Å²) < 4.78 is 4.57. The summed E-state index contributed by atoms with van der Waals surface area (Å²) in [5.74, 6) is -1.09. The van der Waals surface area contributed by atoms with E-state index in [0.717, 1.165) is 27.8 Å². The van der Waals surface area contributed by atoms with Gasteiger partial charge in [0.15, 0.2) is 0 Å². The molecule has 2 rings (SSSR count). The maximum Gasteiger partial charge on any atom is 0.328 e. The Morgan fingerprint density at radius 2 is 1.90 bits per heavy atom. The first-order chi connectivity index (χ1) is 9.93. The molecule has 21 heavy (non-hydrogen) atoms. The second kappa shape index (κ2) is 6.13. The lowest BCUT2D eigenvalue weighted by Gasteiger charge is -2.18. The van der Waals surface area contributed by atoms with Crippen LogP contribution in [0, 0.1) is 6.92 Å². The Morgan fingerprint density at radius 1 is 1.29 bits per heavy atom. The van der Waals surface area contributed by atoms with Crippen molar-refractivity contribution in [1.82, 2.24) is 4.90 Å². The van der Waals surface area contributed by atoms with E-state index in [2.05, 4.69) is 4.74 Å². The van der Waals surface area contributed by atoms with E-state index in [1.165, 1.54) is 14.0 Å². The molecule has 5 nitrogen and oxygen atoms in total. The third kappa shape index (κ3) is 3.16. The van der Waals surface area contributed by atoms with Crippen molar-refractivity contribution >= 4 is 35.0 Å². The Labute approximate surface area is 127 Å². The number of thioether (sulfide) groups is 1. The van der Waals surface area contributed by atoms with E-state index < -0.39 is 23.2 Å². The quantitative estimate of drug-likeness (QED) is 0.634. The number of methoxy groups -OCH3 is 1. The van der Waals surface area contributed by atoms with Gasteiger partial charge in [0.2, 0.25) is 0 Å². The predicted octanol–water partition coefficient (Wildman–Crippen LogP) is 2.59. The van der Waals surface area contributed by atoms with Crippen LogP contribution in [0.3, 0.4) is 0 Å². The minimum absolute atomic E-state index is 0.305. The minimum Gasteiger partial charge on any atom is -0.467 e. The molecule has 1 aliphatic heterocycles. The molecule has 6 heteroatoms. The summed E-state index contributed by atoms with van der Waals surface area (Å²) in [6.45, 7) is 3.44. The summed E-state index contributed by atoms with van der Waals surface area (Å²) in [4.78, 5) is 36.9. The van der Waals surface area contributed by atoms with Gasteiger partial charge in [-0.3, -0.25) is 14.5 Å². The Kier molecular flexibility index (Phi) is 4.47. The number of nitrogens with zero attached hydrogens (tertiary/aromatic N) is 1. The summed E-state index contributed by atoms with van der Waals surface area (Å²) in [7, 11) is 1.22. The third-order valence-corrected chi connectivity index (χ3v) is 4.01. The first-order valence-corrected chi connectivity index (χ1v) is 7.17. The molecule has 2 amide bonds. The summed E-state index contributed by atoms with van der Waals surface area (Å²) in [6, 6.07) is 6.66. The Balaban J connectivity index is 2.25. The van der Waals surface area contributed by atoms with Crippen LogP contribution >= 0.6 is 11.8 Å². The van der Waals surface area contributed by atoms with Crippen LogP contribution in [0.15, 0.2) is 29.2 Å². The van der Waals surface area contributed by atoms with Crippen LogP contribution in [0.2, 0.25) is 0 Å². The fourth-order valence-corrected chi connectivity index (χ4v) is 2.81. The number of esters is 1. The second-order valence-corrected chi connectivity index (χ2v) is 5.65. The molecule has 0 spiro atoms. The van der Waals surface area contributed by atoms with Crippen LogP contribution in [0.25, 0.3) is 6.08 Å². The predicted molar refractivity (Wildman–Crippen MR) is 80.5 cm³/mol. The number of hydrogen-bond donors (Lipinski definition) is 0. The zero-order valence-electron chi connectivity index (χ0n) is 12.0. The van der Waals surface area contributed by atoms with Crippen molar-refractivity contribution in [1.29, 1.82) is 0 Å². The first-order valence-electron chi connectivity index (χ1n) is 6.35. The van der Waals surface area contributed by atoms with Gasteiger partial charge in [-0.15, -0.1) is 0 Å². The summed E-state index contributed by atoms with van der Waals surface area (Å²) in [6.07, 6.45) is 1.65. The molecule has 1 aromatic rings. The number of ether oxygens (including phenoxy) is 1. The van der Waals surface area contributed by atoms with Gasteiger partial charge >= 0.3 is 5.97 Å². The standard InChI is InChI=1S/C15H15NO4S/c1-9-4-6-11(7-5-9)8-12-13(17)16(15(19)21-12)10(2)14(18)20-3/h4-8,10H,1-3H3/b12-8-/t10-/m1/s1. The Hall–Kier alpha value is -2.08. The number of imide groups is 1. The number of aryl methyl sites for hydroxylation is 1. The maximum atomic E-state index is 12.3. The lowest BCUT2D eigenvalue weighted by atomic mass is 10.1. The molecule has 0 aromatic heterocycles. The number of rotatable bonds is 3. The van der Waals surface area contributed by atoms with E-state index in [0.29, 0.717) is 4.91 Å². The van der Waals surface area contributed by atoms with Crippen LogP contribution < -0.4 is 0 Å². The molecular weight excluding hydrogens is 290 g/mol. The largest absolute Gasteiger partial charge is 0.467 e. The molecule has 0 N–H and O–H groups in total. The summed E-state index contributed by atoms with van der Waals surface area (Å²) in [5, 5.41) is -0.462. The molecule has 1 atom stereocenters. The fourth-order valence-electron chi connectivity index (χ4n) is 1.90. The topological polar surface area (TPSA) is 63.7 Å². The van der Waals surface area contributed by atoms with Gasteiger partial charge in [-0.25, -0.2) is 4.79 Å². The average Bonchev–Trinajstić information content (AvgIpc) is 2.74. The molecule has 0 saturated carbocycles. The van der Waals surface area contributed by atoms with Crippen molar-refractivity contribution in [3.63, 3.8) is 0 Å². The molecule has 1 heterocycles. The zero-order chi connectivity index (χ0) is 15.6. The van der Waals surface area contributed by atoms with Gasteiger partial charge in [0.25, 0.3) is 11.1 Å². The third-order valence-electron chi connectivity index (χ3n) is 3.13. The number of carbonyl (C=O) groups excluding carboxylic acids is 3. The number of hydrogen-bond acceptors (Lipinski definition) is 5. The second-order valence-electron chi connectivity index (χ2n) is 4.66. The molecule has 0 bridgehead atoms. The SMILES string of the molecule is COC(=O)[C@@H](C)N1C(=O)S/C(=C\c2ccc(C)cc2)C1=O. The van der Waals surface area contributed by atoms with E-state index in [-0.39, 0.29) is 0 Å². The highest BCUT2D eigenvalue weighted by molar-refractivity contribution is 8.18. The van der Waals surface area contributed by atoms with Crippen molar-refractivity contribution < 1.29 is 19.1 Å². The molecule has 1 aliphatic rings. The van der Waals surface area contributed by atoms with Crippen molar-refractivity contribution in [2.45, 2.75) is 19.9 Å². The highest BCUT2D eigenvalue weighted by Crippen LogP contribution is 2.33. The van der Waals surface area contributed by atoms with Crippen LogP contribution in [0.4, 0.5) is 4.79 Å². The first kappa shape index (κ1) is 15.3. The number of carbonyl (C=O) groups is 3. The van der Waals surface area contributed by atoms with Crippen LogP contribution in [0.5, 0.6) is 0 Å². The van der Waals surface area contributed by atoms with Crippen molar-refractivity contribution in [2.75, 3.05) is 7.11 Å². The van der Waals surface area contributed by atoms with Crippen molar-refractivity contribution in [3.05, 3.63) is 40.3 Å². The zero-order valence-corrected chi connectivity index (χ0v) is 12.8. The van der Waals surface area contributed by atoms with Crippen molar-refractivity contribution in [3.8, 4) is 0 Å². The van der Waals surface area contributed by atoms with Crippen LogP contribution in [-0.4, -0.2) is 35.2 Å². The normalized spacial score (nSPS) is 18.2.